The van der Waals surface area contributed by atoms with Gasteiger partial charge in [-0.3, -0.25) is 9.10 Å². The van der Waals surface area contributed by atoms with Gasteiger partial charge < -0.3 is 10.1 Å². The number of para-hydroxylation sites is 1. The van der Waals surface area contributed by atoms with Crippen LogP contribution in [0.3, 0.4) is 0 Å². The number of amides is 1. The fourth-order valence-electron chi connectivity index (χ4n) is 3.22. The minimum absolute atomic E-state index is 0.0385. The van der Waals surface area contributed by atoms with Gasteiger partial charge in [0.25, 0.3) is 10.0 Å². The summed E-state index contributed by atoms with van der Waals surface area (Å²) >= 11 is 12.3. The fourth-order valence-corrected chi connectivity index (χ4v) is 5.24. The lowest BCUT2D eigenvalue weighted by Crippen LogP contribution is -2.41. The predicted octanol–water partition coefficient (Wildman–Crippen LogP) is 5.07. The second kappa shape index (κ2) is 10.3. The minimum atomic E-state index is -4.08. The van der Waals surface area contributed by atoms with Crippen LogP contribution in [0.15, 0.2) is 77.7 Å². The molecule has 0 spiro atoms. The minimum Gasteiger partial charge on any atom is -0.496 e. The second-order valence-electron chi connectivity index (χ2n) is 6.95. The molecule has 0 saturated carbocycles. The zero-order chi connectivity index (χ0) is 23.3. The molecule has 32 heavy (non-hydrogen) atoms. The van der Waals surface area contributed by atoms with E-state index in [0.717, 1.165) is 9.87 Å². The van der Waals surface area contributed by atoms with E-state index < -0.39 is 28.5 Å². The molecule has 1 amide bonds. The molecule has 3 rings (SSSR count). The lowest BCUT2D eigenvalue weighted by molar-refractivity contribution is -0.120. The molecular weight excluding hydrogens is 471 g/mol. The lowest BCUT2D eigenvalue weighted by Gasteiger charge is -2.26. The van der Waals surface area contributed by atoms with Crippen LogP contribution in [0.5, 0.6) is 5.75 Å². The molecule has 3 aromatic rings. The number of hydrogen-bond donors (Lipinski definition) is 1. The van der Waals surface area contributed by atoms with Gasteiger partial charge in [0.05, 0.1) is 28.8 Å². The van der Waals surface area contributed by atoms with Gasteiger partial charge in [0.2, 0.25) is 5.91 Å². The summed E-state index contributed by atoms with van der Waals surface area (Å²) in [6.07, 6.45) is 0. The average Bonchev–Trinajstić information content (AvgIpc) is 2.78. The van der Waals surface area contributed by atoms with E-state index in [4.69, 9.17) is 27.9 Å². The summed E-state index contributed by atoms with van der Waals surface area (Å²) in [7, 11) is -2.53. The van der Waals surface area contributed by atoms with E-state index in [1.807, 2.05) is 18.2 Å². The van der Waals surface area contributed by atoms with Gasteiger partial charge in [0, 0.05) is 10.6 Å². The Balaban J connectivity index is 1.93. The monoisotopic (exact) mass is 492 g/mol. The van der Waals surface area contributed by atoms with Crippen molar-refractivity contribution >= 4 is 44.8 Å². The van der Waals surface area contributed by atoms with Crippen LogP contribution >= 0.6 is 23.2 Å². The first-order valence-electron chi connectivity index (χ1n) is 9.69. The van der Waals surface area contributed by atoms with Crippen molar-refractivity contribution in [2.75, 3.05) is 18.0 Å². The van der Waals surface area contributed by atoms with Crippen LogP contribution in [0.4, 0.5) is 5.69 Å². The first-order chi connectivity index (χ1) is 15.2. The molecule has 0 heterocycles. The van der Waals surface area contributed by atoms with E-state index in [1.54, 1.807) is 38.3 Å². The third kappa shape index (κ3) is 5.35. The molecule has 1 atom stereocenters. The van der Waals surface area contributed by atoms with Crippen molar-refractivity contribution in [3.05, 3.63) is 88.4 Å². The van der Waals surface area contributed by atoms with Gasteiger partial charge in [-0.25, -0.2) is 8.42 Å². The topological polar surface area (TPSA) is 75.7 Å². The fraction of sp³-hybridized carbons (Fsp3) is 0.174. The van der Waals surface area contributed by atoms with Gasteiger partial charge in [-0.1, -0.05) is 59.6 Å². The number of carbonyl (C=O) groups excluding carboxylic acids is 1. The summed E-state index contributed by atoms with van der Waals surface area (Å²) in [6, 6.07) is 19.1. The molecule has 1 N–H and O–H groups in total. The number of halogens is 2. The molecule has 0 unspecified atom stereocenters. The van der Waals surface area contributed by atoms with E-state index in [9.17, 15) is 13.2 Å². The number of sulfonamides is 1. The molecule has 168 valence electrons. The van der Waals surface area contributed by atoms with E-state index in [2.05, 4.69) is 5.32 Å². The molecule has 3 aromatic carbocycles. The number of nitrogens with zero attached hydrogens (tertiary/aromatic N) is 1. The van der Waals surface area contributed by atoms with Crippen LogP contribution < -0.4 is 14.4 Å². The van der Waals surface area contributed by atoms with Crippen LogP contribution in [-0.4, -0.2) is 28.0 Å². The van der Waals surface area contributed by atoms with Gasteiger partial charge in [0.1, 0.15) is 12.3 Å². The molecule has 0 aromatic heterocycles. The Labute approximate surface area is 197 Å². The van der Waals surface area contributed by atoms with E-state index in [0.29, 0.717) is 10.8 Å². The van der Waals surface area contributed by atoms with Gasteiger partial charge in [-0.05, 0) is 43.3 Å². The number of anilines is 1. The number of hydrogen-bond acceptors (Lipinski definition) is 4. The van der Waals surface area contributed by atoms with Crippen molar-refractivity contribution in [3.8, 4) is 5.75 Å². The molecule has 0 fully saturated rings. The molecule has 0 aliphatic carbocycles. The first kappa shape index (κ1) is 23.9. The Morgan fingerprint density at radius 2 is 1.69 bits per heavy atom. The third-order valence-corrected chi connectivity index (χ3v) is 7.09. The average molecular weight is 493 g/mol. The summed E-state index contributed by atoms with van der Waals surface area (Å²) in [6.45, 7) is 1.32. The predicted molar refractivity (Wildman–Crippen MR) is 127 cm³/mol. The standard InChI is InChI=1S/C23H22Cl2N2O4S/c1-16(19-10-6-7-11-22(19)31-2)26-23(28)15-27(21-13-12-17(24)14-20(21)25)32(29,30)18-8-4-3-5-9-18/h3-14,16H,15H2,1-2H3,(H,26,28)/t16-/m1/s1. The normalized spacial score (nSPS) is 12.1. The molecular formula is C23H22Cl2N2O4S. The lowest BCUT2D eigenvalue weighted by atomic mass is 10.1. The quantitative estimate of drug-likeness (QED) is 0.475. The number of nitrogens with one attached hydrogen (secondary N) is 1. The SMILES string of the molecule is COc1ccccc1[C@@H](C)NC(=O)CN(c1ccc(Cl)cc1Cl)S(=O)(=O)c1ccccc1. The Kier molecular flexibility index (Phi) is 7.66. The summed E-state index contributed by atoms with van der Waals surface area (Å²) < 4.78 is 33.1. The van der Waals surface area contributed by atoms with Crippen molar-refractivity contribution in [1.29, 1.82) is 0 Å². The van der Waals surface area contributed by atoms with Crippen molar-refractivity contribution in [3.63, 3.8) is 0 Å². The van der Waals surface area contributed by atoms with E-state index in [1.165, 1.54) is 30.3 Å². The Morgan fingerprint density at radius 3 is 2.34 bits per heavy atom. The van der Waals surface area contributed by atoms with Gasteiger partial charge in [-0.15, -0.1) is 0 Å². The smallest absolute Gasteiger partial charge is 0.264 e. The van der Waals surface area contributed by atoms with Crippen molar-refractivity contribution in [1.82, 2.24) is 5.32 Å². The highest BCUT2D eigenvalue weighted by Crippen LogP contribution is 2.33. The zero-order valence-corrected chi connectivity index (χ0v) is 19.8. The number of benzene rings is 3. The van der Waals surface area contributed by atoms with E-state index in [-0.39, 0.29) is 15.6 Å². The second-order valence-corrected chi connectivity index (χ2v) is 9.66. The Bertz CT molecular complexity index is 1200. The van der Waals surface area contributed by atoms with Gasteiger partial charge in [0.15, 0.2) is 0 Å². The van der Waals surface area contributed by atoms with Crippen LogP contribution in [0.2, 0.25) is 10.0 Å². The number of rotatable bonds is 8. The Hall–Kier alpha value is -2.74. The van der Waals surface area contributed by atoms with Crippen molar-refractivity contribution in [2.24, 2.45) is 0 Å². The highest BCUT2D eigenvalue weighted by molar-refractivity contribution is 7.92. The molecule has 9 heteroatoms. The third-order valence-electron chi connectivity index (χ3n) is 4.78. The number of carbonyl (C=O) groups is 1. The maximum absolute atomic E-state index is 13.4. The largest absolute Gasteiger partial charge is 0.496 e. The molecule has 0 aliphatic heterocycles. The Morgan fingerprint density at radius 1 is 1.03 bits per heavy atom. The molecule has 0 saturated heterocycles. The van der Waals surface area contributed by atoms with Crippen molar-refractivity contribution in [2.45, 2.75) is 17.9 Å². The van der Waals surface area contributed by atoms with Gasteiger partial charge >= 0.3 is 0 Å². The maximum atomic E-state index is 13.4. The van der Waals surface area contributed by atoms with E-state index >= 15 is 0 Å². The molecule has 6 nitrogen and oxygen atoms in total. The molecule has 0 radical (unpaired) electrons. The van der Waals surface area contributed by atoms with Crippen LogP contribution in [-0.2, 0) is 14.8 Å². The van der Waals surface area contributed by atoms with Crippen LogP contribution in [0.1, 0.15) is 18.5 Å². The summed E-state index contributed by atoms with van der Waals surface area (Å²) in [5, 5.41) is 3.30. The first-order valence-corrected chi connectivity index (χ1v) is 11.9. The number of methoxy groups -OCH3 is 1. The van der Waals surface area contributed by atoms with Crippen LogP contribution in [0, 0.1) is 0 Å². The van der Waals surface area contributed by atoms with Gasteiger partial charge in [-0.2, -0.15) is 0 Å². The maximum Gasteiger partial charge on any atom is 0.264 e. The summed E-state index contributed by atoms with van der Waals surface area (Å²) in [4.78, 5) is 13.0. The van der Waals surface area contributed by atoms with Crippen molar-refractivity contribution < 1.29 is 17.9 Å². The molecule has 0 aliphatic rings. The summed E-state index contributed by atoms with van der Waals surface area (Å²) in [5.74, 6) is 0.115. The molecule has 0 bridgehead atoms. The summed E-state index contributed by atoms with van der Waals surface area (Å²) in [5.41, 5.74) is 0.922. The highest BCUT2D eigenvalue weighted by atomic mass is 35.5. The number of ether oxygens (including phenoxy) is 1. The zero-order valence-electron chi connectivity index (χ0n) is 17.5. The van der Waals surface area contributed by atoms with Crippen LogP contribution in [0.25, 0.3) is 0 Å². The highest BCUT2D eigenvalue weighted by Gasteiger charge is 2.29.